The van der Waals surface area contributed by atoms with E-state index in [4.69, 9.17) is 10.5 Å². The molecule has 1 aliphatic rings. The Hall–Kier alpha value is -0.570. The highest BCUT2D eigenvalue weighted by atomic mass is 16.5. The van der Waals surface area contributed by atoms with Crippen molar-refractivity contribution in [3.63, 3.8) is 0 Å². The van der Waals surface area contributed by atoms with E-state index in [0.717, 1.165) is 19.3 Å². The third-order valence-electron chi connectivity index (χ3n) is 3.64. The molecule has 0 bridgehead atoms. The van der Waals surface area contributed by atoms with Crippen molar-refractivity contribution >= 4 is 5.97 Å². The first-order valence-electron chi connectivity index (χ1n) is 7.01. The zero-order chi connectivity index (χ0) is 12.7. The van der Waals surface area contributed by atoms with Crippen molar-refractivity contribution in [1.82, 2.24) is 0 Å². The topological polar surface area (TPSA) is 52.3 Å². The van der Waals surface area contributed by atoms with Crippen molar-refractivity contribution in [2.45, 2.75) is 64.8 Å². The molecular formula is C14H27NO2. The lowest BCUT2D eigenvalue weighted by atomic mass is 10.0. The smallest absolute Gasteiger partial charge is 0.308 e. The summed E-state index contributed by atoms with van der Waals surface area (Å²) in [6.07, 6.45) is 7.94. The molecule has 3 heteroatoms. The van der Waals surface area contributed by atoms with E-state index in [1.54, 1.807) is 0 Å². The molecule has 0 radical (unpaired) electrons. The van der Waals surface area contributed by atoms with Gasteiger partial charge in [0.05, 0.1) is 12.5 Å². The standard InChI is InChI=1S/C14H27NO2/c1-11(6-5-7-12(2)15)14(16)17-10-13-8-3-4-9-13/h11-13H,3-10,15H2,1-2H3. The Labute approximate surface area is 105 Å². The summed E-state index contributed by atoms with van der Waals surface area (Å²) in [5, 5.41) is 0. The van der Waals surface area contributed by atoms with Gasteiger partial charge < -0.3 is 10.5 Å². The minimum absolute atomic E-state index is 0.0233. The SMILES string of the molecule is CC(N)CCCC(C)C(=O)OCC1CCCC1. The zero-order valence-electron chi connectivity index (χ0n) is 11.3. The molecule has 0 aromatic carbocycles. The number of nitrogens with two attached hydrogens (primary N) is 1. The first-order chi connectivity index (χ1) is 8.09. The molecule has 0 spiro atoms. The van der Waals surface area contributed by atoms with Gasteiger partial charge in [-0.05, 0) is 38.5 Å². The third-order valence-corrected chi connectivity index (χ3v) is 3.64. The van der Waals surface area contributed by atoms with Crippen LogP contribution in [0.3, 0.4) is 0 Å². The van der Waals surface area contributed by atoms with Gasteiger partial charge in [0.2, 0.25) is 0 Å². The van der Waals surface area contributed by atoms with Gasteiger partial charge in [0.25, 0.3) is 0 Å². The van der Waals surface area contributed by atoms with E-state index >= 15 is 0 Å². The van der Waals surface area contributed by atoms with Crippen LogP contribution in [0.15, 0.2) is 0 Å². The molecule has 0 amide bonds. The molecule has 1 aliphatic carbocycles. The molecule has 3 nitrogen and oxygen atoms in total. The highest BCUT2D eigenvalue weighted by Crippen LogP contribution is 2.25. The maximum absolute atomic E-state index is 11.7. The van der Waals surface area contributed by atoms with Crippen LogP contribution in [0.5, 0.6) is 0 Å². The predicted octanol–water partition coefficient (Wildman–Crippen LogP) is 2.87. The summed E-state index contributed by atoms with van der Waals surface area (Å²) in [7, 11) is 0. The molecule has 0 aromatic rings. The Bertz CT molecular complexity index is 222. The van der Waals surface area contributed by atoms with Crippen molar-refractivity contribution in [3.05, 3.63) is 0 Å². The van der Waals surface area contributed by atoms with Gasteiger partial charge in [0, 0.05) is 6.04 Å². The number of hydrogen-bond donors (Lipinski definition) is 1. The molecule has 0 heterocycles. The molecular weight excluding hydrogens is 214 g/mol. The second-order valence-electron chi connectivity index (χ2n) is 5.59. The summed E-state index contributed by atoms with van der Waals surface area (Å²) >= 11 is 0. The van der Waals surface area contributed by atoms with Crippen LogP contribution in [0, 0.1) is 11.8 Å². The average molecular weight is 241 g/mol. The fraction of sp³-hybridized carbons (Fsp3) is 0.929. The van der Waals surface area contributed by atoms with Crippen molar-refractivity contribution in [2.24, 2.45) is 17.6 Å². The van der Waals surface area contributed by atoms with E-state index in [0.29, 0.717) is 12.5 Å². The van der Waals surface area contributed by atoms with Crippen molar-refractivity contribution < 1.29 is 9.53 Å². The Balaban J connectivity index is 2.08. The Morgan fingerprint density at radius 3 is 2.53 bits per heavy atom. The first-order valence-corrected chi connectivity index (χ1v) is 7.01. The van der Waals surface area contributed by atoms with Crippen molar-refractivity contribution in [1.29, 1.82) is 0 Å². The fourth-order valence-corrected chi connectivity index (χ4v) is 2.38. The van der Waals surface area contributed by atoms with Crippen LogP contribution < -0.4 is 5.73 Å². The van der Waals surface area contributed by atoms with E-state index in [2.05, 4.69) is 0 Å². The molecule has 1 rings (SSSR count). The van der Waals surface area contributed by atoms with Crippen molar-refractivity contribution in [2.75, 3.05) is 6.61 Å². The predicted molar refractivity (Wildman–Crippen MR) is 69.6 cm³/mol. The molecule has 17 heavy (non-hydrogen) atoms. The lowest BCUT2D eigenvalue weighted by Crippen LogP contribution is -2.19. The quantitative estimate of drug-likeness (QED) is 0.697. The summed E-state index contributed by atoms with van der Waals surface area (Å²) in [5.74, 6) is 0.618. The fourth-order valence-electron chi connectivity index (χ4n) is 2.38. The van der Waals surface area contributed by atoms with Gasteiger partial charge in [-0.25, -0.2) is 0 Å². The van der Waals surface area contributed by atoms with Crippen LogP contribution in [0.2, 0.25) is 0 Å². The van der Waals surface area contributed by atoms with Crippen LogP contribution in [-0.2, 0) is 9.53 Å². The molecule has 100 valence electrons. The summed E-state index contributed by atoms with van der Waals surface area (Å²) in [6.45, 7) is 4.59. The molecule has 1 saturated carbocycles. The lowest BCUT2D eigenvalue weighted by molar-refractivity contribution is -0.149. The van der Waals surface area contributed by atoms with E-state index in [9.17, 15) is 4.79 Å². The Morgan fingerprint density at radius 1 is 1.29 bits per heavy atom. The molecule has 0 aliphatic heterocycles. The normalized spacial score (nSPS) is 20.2. The van der Waals surface area contributed by atoms with Gasteiger partial charge in [0.15, 0.2) is 0 Å². The molecule has 0 aromatic heterocycles. The number of hydrogen-bond acceptors (Lipinski definition) is 3. The number of carbonyl (C=O) groups is 1. The number of carbonyl (C=O) groups excluding carboxylic acids is 1. The highest BCUT2D eigenvalue weighted by Gasteiger charge is 2.19. The van der Waals surface area contributed by atoms with Gasteiger partial charge in [-0.2, -0.15) is 0 Å². The lowest BCUT2D eigenvalue weighted by Gasteiger charge is -2.14. The summed E-state index contributed by atoms with van der Waals surface area (Å²) < 4.78 is 5.38. The van der Waals surface area contributed by atoms with Gasteiger partial charge in [-0.15, -0.1) is 0 Å². The maximum atomic E-state index is 11.7. The molecule has 0 saturated heterocycles. The van der Waals surface area contributed by atoms with Gasteiger partial charge in [-0.3, -0.25) is 4.79 Å². The van der Waals surface area contributed by atoms with E-state index in [1.807, 2.05) is 13.8 Å². The van der Waals surface area contributed by atoms with Crippen molar-refractivity contribution in [3.8, 4) is 0 Å². The maximum Gasteiger partial charge on any atom is 0.308 e. The summed E-state index contributed by atoms with van der Waals surface area (Å²) in [4.78, 5) is 11.7. The van der Waals surface area contributed by atoms with Crippen LogP contribution in [0.25, 0.3) is 0 Å². The molecule has 2 unspecified atom stereocenters. The second-order valence-corrected chi connectivity index (χ2v) is 5.59. The zero-order valence-corrected chi connectivity index (χ0v) is 11.3. The van der Waals surface area contributed by atoms with Crippen LogP contribution in [0.1, 0.15) is 58.8 Å². The molecule has 2 atom stereocenters. The van der Waals surface area contributed by atoms with Crippen LogP contribution in [0.4, 0.5) is 0 Å². The van der Waals surface area contributed by atoms with Crippen LogP contribution >= 0.6 is 0 Å². The van der Waals surface area contributed by atoms with Gasteiger partial charge >= 0.3 is 5.97 Å². The minimum atomic E-state index is -0.0263. The number of rotatable bonds is 7. The first kappa shape index (κ1) is 14.5. The van der Waals surface area contributed by atoms with Crippen LogP contribution in [-0.4, -0.2) is 18.6 Å². The average Bonchev–Trinajstić information content (AvgIpc) is 2.78. The van der Waals surface area contributed by atoms with E-state index < -0.39 is 0 Å². The largest absolute Gasteiger partial charge is 0.465 e. The van der Waals surface area contributed by atoms with Gasteiger partial charge in [-0.1, -0.05) is 26.2 Å². The monoisotopic (exact) mass is 241 g/mol. The van der Waals surface area contributed by atoms with E-state index in [-0.39, 0.29) is 17.9 Å². The number of esters is 1. The van der Waals surface area contributed by atoms with E-state index in [1.165, 1.54) is 25.7 Å². The highest BCUT2D eigenvalue weighted by molar-refractivity contribution is 5.71. The summed E-state index contributed by atoms with van der Waals surface area (Å²) in [6, 6.07) is 0.233. The Kier molecular flexibility index (Phi) is 6.56. The third kappa shape index (κ3) is 6.06. The minimum Gasteiger partial charge on any atom is -0.465 e. The summed E-state index contributed by atoms with van der Waals surface area (Å²) in [5.41, 5.74) is 5.68. The number of ether oxygens (including phenoxy) is 1. The van der Waals surface area contributed by atoms with Gasteiger partial charge in [0.1, 0.15) is 0 Å². The molecule has 2 N–H and O–H groups in total. The second kappa shape index (κ2) is 7.70. The molecule has 1 fully saturated rings. The Morgan fingerprint density at radius 2 is 1.94 bits per heavy atom.